The number of rotatable bonds is 12. The fraction of sp³-hybridized carbons (Fsp3) is 0.364. The van der Waals surface area contributed by atoms with Gasteiger partial charge in [0.2, 0.25) is 11.9 Å². The van der Waals surface area contributed by atoms with Crippen molar-refractivity contribution in [3.05, 3.63) is 80.7 Å². The van der Waals surface area contributed by atoms with Gasteiger partial charge in [-0.15, -0.1) is 0 Å². The van der Waals surface area contributed by atoms with E-state index in [2.05, 4.69) is 31.2 Å². The van der Waals surface area contributed by atoms with Crippen LogP contribution in [0.25, 0.3) is 22.2 Å². The molecule has 3 atom stereocenters. The number of pyridine rings is 1. The molecule has 6 rings (SSSR count). The average molecular weight is 681 g/mol. The van der Waals surface area contributed by atoms with Crippen LogP contribution >= 0.6 is 35.0 Å². The van der Waals surface area contributed by atoms with Crippen molar-refractivity contribution in [3.8, 4) is 11.1 Å². The Morgan fingerprint density at radius 1 is 1.07 bits per heavy atom. The molecule has 240 valence electrons. The van der Waals surface area contributed by atoms with Crippen LogP contribution in [0, 0.1) is 0 Å². The molecule has 10 nitrogen and oxygen atoms in total. The van der Waals surface area contributed by atoms with Gasteiger partial charge in [-0.05, 0) is 61.6 Å². The molecule has 13 heteroatoms. The SMILES string of the molecule is Cn1c(=O)c(-c2c(Cl)cccc2Cl)cc2cnc(Nc3ccc(CCCNC(=O)CCCCC4SCC5NC(=O)NC54)cc3)nc21. The summed E-state index contributed by atoms with van der Waals surface area (Å²) in [6.07, 6.45) is 6.72. The number of unbranched alkanes of at least 4 members (excludes halogenated alkanes) is 1. The number of fused-ring (bicyclic) bond motifs is 2. The molecule has 4 heterocycles. The van der Waals surface area contributed by atoms with Gasteiger partial charge in [0.1, 0.15) is 5.65 Å². The predicted molar refractivity (Wildman–Crippen MR) is 185 cm³/mol. The predicted octanol–water partition coefficient (Wildman–Crippen LogP) is 5.82. The lowest BCUT2D eigenvalue weighted by atomic mass is 10.0. The van der Waals surface area contributed by atoms with Crippen molar-refractivity contribution in [1.29, 1.82) is 0 Å². The molecule has 0 radical (unpaired) electrons. The van der Waals surface area contributed by atoms with Gasteiger partial charge in [0, 0.05) is 53.8 Å². The highest BCUT2D eigenvalue weighted by Gasteiger charge is 2.42. The highest BCUT2D eigenvalue weighted by molar-refractivity contribution is 8.00. The summed E-state index contributed by atoms with van der Waals surface area (Å²) in [5.74, 6) is 1.42. The zero-order valence-electron chi connectivity index (χ0n) is 25.3. The molecule has 2 fully saturated rings. The summed E-state index contributed by atoms with van der Waals surface area (Å²) in [7, 11) is 1.66. The van der Waals surface area contributed by atoms with Gasteiger partial charge in [0.15, 0.2) is 0 Å². The van der Waals surface area contributed by atoms with Gasteiger partial charge in [-0.1, -0.05) is 47.8 Å². The number of halogens is 2. The molecule has 4 aromatic rings. The quantitative estimate of drug-likeness (QED) is 0.110. The third kappa shape index (κ3) is 7.27. The van der Waals surface area contributed by atoms with E-state index in [4.69, 9.17) is 23.2 Å². The highest BCUT2D eigenvalue weighted by atomic mass is 35.5. The van der Waals surface area contributed by atoms with E-state index < -0.39 is 0 Å². The van der Waals surface area contributed by atoms with E-state index in [-0.39, 0.29) is 29.6 Å². The Morgan fingerprint density at radius 2 is 1.85 bits per heavy atom. The summed E-state index contributed by atoms with van der Waals surface area (Å²) in [6, 6.07) is 15.2. The fourth-order valence-electron chi connectivity index (χ4n) is 6.01. The second-order valence-electron chi connectivity index (χ2n) is 11.6. The number of hydrogen-bond acceptors (Lipinski definition) is 7. The molecule has 2 aromatic carbocycles. The fourth-order valence-corrected chi connectivity index (χ4v) is 8.15. The first-order valence-corrected chi connectivity index (χ1v) is 17.2. The van der Waals surface area contributed by atoms with Crippen LogP contribution in [0.5, 0.6) is 0 Å². The van der Waals surface area contributed by atoms with Crippen LogP contribution in [0.4, 0.5) is 16.4 Å². The van der Waals surface area contributed by atoms with Gasteiger partial charge in [-0.25, -0.2) is 9.78 Å². The van der Waals surface area contributed by atoms with Crippen LogP contribution in [-0.4, -0.2) is 56.1 Å². The zero-order valence-corrected chi connectivity index (χ0v) is 27.6. The summed E-state index contributed by atoms with van der Waals surface area (Å²) in [6.45, 7) is 0.632. The Bertz CT molecular complexity index is 1800. The number of anilines is 2. The molecule has 3 amide bonds. The normalized spacial score (nSPS) is 18.7. The number of aryl methyl sites for hydroxylation is 2. The van der Waals surface area contributed by atoms with E-state index in [1.54, 1.807) is 37.5 Å². The topological polar surface area (TPSA) is 130 Å². The lowest BCUT2D eigenvalue weighted by molar-refractivity contribution is -0.121. The summed E-state index contributed by atoms with van der Waals surface area (Å²) in [4.78, 5) is 46.1. The van der Waals surface area contributed by atoms with Crippen LogP contribution in [0.15, 0.2) is 59.5 Å². The van der Waals surface area contributed by atoms with E-state index in [9.17, 15) is 14.4 Å². The third-order valence-electron chi connectivity index (χ3n) is 8.44. The van der Waals surface area contributed by atoms with E-state index in [0.717, 1.165) is 49.1 Å². The molecular formula is C33H35Cl2N7O3S. The van der Waals surface area contributed by atoms with Gasteiger partial charge in [-0.2, -0.15) is 16.7 Å². The van der Waals surface area contributed by atoms with Crippen molar-refractivity contribution >= 4 is 69.6 Å². The van der Waals surface area contributed by atoms with E-state index in [1.807, 2.05) is 36.0 Å². The molecule has 2 aromatic heterocycles. The van der Waals surface area contributed by atoms with Crippen molar-refractivity contribution < 1.29 is 9.59 Å². The largest absolute Gasteiger partial charge is 0.356 e. The number of urea groups is 1. The van der Waals surface area contributed by atoms with E-state index in [1.165, 1.54) is 4.57 Å². The zero-order chi connectivity index (χ0) is 32.2. The minimum atomic E-state index is -0.261. The van der Waals surface area contributed by atoms with Crippen molar-refractivity contribution in [1.82, 2.24) is 30.5 Å². The van der Waals surface area contributed by atoms with Crippen LogP contribution in [0.3, 0.4) is 0 Å². The van der Waals surface area contributed by atoms with Crippen molar-refractivity contribution in [3.63, 3.8) is 0 Å². The Labute approximate surface area is 281 Å². The molecule has 4 N–H and O–H groups in total. The molecular weight excluding hydrogens is 645 g/mol. The number of nitrogens with zero attached hydrogens (tertiary/aromatic N) is 3. The van der Waals surface area contributed by atoms with Crippen LogP contribution in [0.2, 0.25) is 10.0 Å². The van der Waals surface area contributed by atoms with Crippen LogP contribution in [-0.2, 0) is 18.3 Å². The second kappa shape index (κ2) is 14.3. The molecule has 46 heavy (non-hydrogen) atoms. The van der Waals surface area contributed by atoms with E-state index in [0.29, 0.717) is 56.4 Å². The smallest absolute Gasteiger partial charge is 0.315 e. The molecule has 0 aliphatic carbocycles. The van der Waals surface area contributed by atoms with Crippen LogP contribution in [0.1, 0.15) is 37.7 Å². The summed E-state index contributed by atoms with van der Waals surface area (Å²) < 4.78 is 1.47. The van der Waals surface area contributed by atoms with Crippen molar-refractivity contribution in [2.45, 2.75) is 55.9 Å². The average Bonchev–Trinajstić information content (AvgIpc) is 3.60. The molecule has 2 aliphatic rings. The van der Waals surface area contributed by atoms with Gasteiger partial charge in [-0.3, -0.25) is 14.2 Å². The standard InChI is InChI=1S/C33H35Cl2N7O3S/c1-42-30-20(16-22(31(42)44)28-23(34)7-4-8-24(28)35)17-37-32(41-30)38-21-13-11-19(12-14-21)6-5-15-36-27(43)10-3-2-9-26-29-25(18-46-26)39-33(45)40-29/h4,7-8,11-14,16-17,25-26,29H,2-3,5-6,9-10,15,18H2,1H3,(H,36,43)(H,37,38,41)(H2,39,40,45). The summed E-state index contributed by atoms with van der Waals surface area (Å²) in [5.41, 5.74) is 3.07. The second-order valence-corrected chi connectivity index (χ2v) is 13.7. The number of hydrogen-bond donors (Lipinski definition) is 4. The number of thioether (sulfide) groups is 1. The Hall–Kier alpha value is -3.80. The van der Waals surface area contributed by atoms with Gasteiger partial charge < -0.3 is 21.3 Å². The number of aromatic nitrogens is 3. The first-order valence-electron chi connectivity index (χ1n) is 15.4. The first-order chi connectivity index (χ1) is 22.3. The minimum Gasteiger partial charge on any atom is -0.356 e. The maximum Gasteiger partial charge on any atom is 0.315 e. The van der Waals surface area contributed by atoms with Crippen molar-refractivity contribution in [2.24, 2.45) is 7.05 Å². The van der Waals surface area contributed by atoms with Gasteiger partial charge in [0.05, 0.1) is 27.7 Å². The number of carbonyl (C=O) groups excluding carboxylic acids is 2. The molecule has 0 bridgehead atoms. The Balaban J connectivity index is 0.949. The van der Waals surface area contributed by atoms with Gasteiger partial charge in [0.25, 0.3) is 5.56 Å². The number of benzene rings is 2. The monoisotopic (exact) mass is 679 g/mol. The maximum atomic E-state index is 13.2. The molecule has 0 spiro atoms. The Morgan fingerprint density at radius 3 is 2.63 bits per heavy atom. The lowest BCUT2D eigenvalue weighted by Crippen LogP contribution is -2.36. The maximum absolute atomic E-state index is 13.2. The molecule has 2 aliphatic heterocycles. The number of amides is 3. The van der Waals surface area contributed by atoms with Crippen molar-refractivity contribution in [2.75, 3.05) is 17.6 Å². The molecule has 3 unspecified atom stereocenters. The minimum absolute atomic E-state index is 0.0603. The lowest BCUT2D eigenvalue weighted by Gasteiger charge is -2.16. The first kappa shape index (κ1) is 32.2. The summed E-state index contributed by atoms with van der Waals surface area (Å²) in [5, 5.41) is 14.1. The highest BCUT2D eigenvalue weighted by Crippen LogP contribution is 2.34. The van der Waals surface area contributed by atoms with Gasteiger partial charge >= 0.3 is 6.03 Å². The Kier molecular flexibility index (Phi) is 10.0. The number of nitrogens with one attached hydrogen (secondary N) is 4. The van der Waals surface area contributed by atoms with Crippen LogP contribution < -0.4 is 26.8 Å². The molecule has 0 saturated carbocycles. The third-order valence-corrected chi connectivity index (χ3v) is 10.6. The summed E-state index contributed by atoms with van der Waals surface area (Å²) >= 11 is 14.6. The van der Waals surface area contributed by atoms with E-state index >= 15 is 0 Å². The number of carbonyl (C=O) groups is 2. The molecule has 2 saturated heterocycles.